The first-order valence-corrected chi connectivity index (χ1v) is 3.61. The Labute approximate surface area is 78.6 Å². The van der Waals surface area contributed by atoms with Gasteiger partial charge < -0.3 is 5.11 Å². The number of rotatable bonds is 0. The highest BCUT2D eigenvalue weighted by Gasteiger charge is 2.83. The number of halogens is 7. The van der Waals surface area contributed by atoms with Crippen LogP contribution in [0.5, 0.6) is 0 Å². The van der Waals surface area contributed by atoms with Crippen LogP contribution in [0.15, 0.2) is 0 Å². The zero-order chi connectivity index (χ0) is 12.3. The number of ether oxygens (including phenoxy) is 1. The van der Waals surface area contributed by atoms with E-state index in [0.29, 0.717) is 0 Å². The molecule has 0 aromatic carbocycles. The molecule has 1 saturated heterocycles. The Hall–Kier alpha value is -0.570. The van der Waals surface area contributed by atoms with Gasteiger partial charge in [-0.15, -0.1) is 0 Å². The number of aliphatic hydroxyl groups is 1. The van der Waals surface area contributed by atoms with Crippen LogP contribution in [0.1, 0.15) is 6.92 Å². The third-order valence-corrected chi connectivity index (χ3v) is 2.17. The van der Waals surface area contributed by atoms with Crippen molar-refractivity contribution in [1.29, 1.82) is 0 Å². The topological polar surface area (TPSA) is 29.5 Å². The van der Waals surface area contributed by atoms with Crippen molar-refractivity contribution in [3.05, 3.63) is 0 Å². The average molecular weight is 242 g/mol. The van der Waals surface area contributed by atoms with Crippen molar-refractivity contribution in [2.75, 3.05) is 0 Å². The molecule has 2 atom stereocenters. The fourth-order valence-electron chi connectivity index (χ4n) is 1.10. The maximum atomic E-state index is 12.8. The van der Waals surface area contributed by atoms with Gasteiger partial charge in [-0.25, -0.2) is 0 Å². The second-order valence-corrected chi connectivity index (χ2v) is 3.15. The quantitative estimate of drug-likeness (QED) is 0.659. The molecular formula is C6H5F7O2. The van der Waals surface area contributed by atoms with Gasteiger partial charge in [-0.05, 0) is 6.92 Å². The molecule has 2 nitrogen and oxygen atoms in total. The highest BCUT2D eigenvalue weighted by molar-refractivity contribution is 5.03. The molecule has 1 aliphatic rings. The largest absolute Gasteiger partial charge is 0.449 e. The van der Waals surface area contributed by atoms with Gasteiger partial charge in [0.1, 0.15) is 5.92 Å². The van der Waals surface area contributed by atoms with E-state index in [0.717, 1.165) is 0 Å². The van der Waals surface area contributed by atoms with E-state index in [2.05, 4.69) is 4.74 Å². The lowest BCUT2D eigenvalue weighted by atomic mass is 9.98. The first kappa shape index (κ1) is 12.5. The second kappa shape index (κ2) is 2.76. The molecule has 15 heavy (non-hydrogen) atoms. The van der Waals surface area contributed by atoms with Crippen molar-refractivity contribution in [1.82, 2.24) is 0 Å². The molecule has 0 aliphatic carbocycles. The van der Waals surface area contributed by atoms with Crippen LogP contribution in [0.3, 0.4) is 0 Å². The molecule has 90 valence electrons. The van der Waals surface area contributed by atoms with Gasteiger partial charge >= 0.3 is 24.0 Å². The highest BCUT2D eigenvalue weighted by Crippen LogP contribution is 2.58. The zero-order valence-corrected chi connectivity index (χ0v) is 7.08. The summed E-state index contributed by atoms with van der Waals surface area (Å²) in [4.78, 5) is 0. The summed E-state index contributed by atoms with van der Waals surface area (Å²) in [6.45, 7) is 0.156. The van der Waals surface area contributed by atoms with E-state index in [9.17, 15) is 30.7 Å². The minimum absolute atomic E-state index is 0.156. The van der Waals surface area contributed by atoms with Crippen LogP contribution in [0.25, 0.3) is 0 Å². The van der Waals surface area contributed by atoms with Gasteiger partial charge in [-0.3, -0.25) is 4.74 Å². The molecule has 1 N–H and O–H groups in total. The van der Waals surface area contributed by atoms with Crippen LogP contribution in [0.4, 0.5) is 30.7 Å². The van der Waals surface area contributed by atoms with E-state index >= 15 is 0 Å². The molecule has 0 spiro atoms. The van der Waals surface area contributed by atoms with E-state index in [4.69, 9.17) is 5.11 Å². The number of hydrogen-bond acceptors (Lipinski definition) is 2. The molecule has 0 saturated carbocycles. The average Bonchev–Trinajstić information content (AvgIpc) is 2.09. The van der Waals surface area contributed by atoms with Gasteiger partial charge in [-0.2, -0.15) is 30.7 Å². The first-order valence-electron chi connectivity index (χ1n) is 3.61. The Morgan fingerprint density at radius 3 is 1.67 bits per heavy atom. The molecule has 1 fully saturated rings. The Bertz CT molecular complexity index is 270. The second-order valence-electron chi connectivity index (χ2n) is 3.15. The zero-order valence-electron chi connectivity index (χ0n) is 7.08. The summed E-state index contributed by atoms with van der Waals surface area (Å²) in [5.41, 5.74) is 0. The van der Waals surface area contributed by atoms with E-state index in [-0.39, 0.29) is 6.92 Å². The third kappa shape index (κ3) is 1.40. The minimum Gasteiger partial charge on any atom is -0.354 e. The van der Waals surface area contributed by atoms with Crippen LogP contribution in [-0.4, -0.2) is 29.1 Å². The van der Waals surface area contributed by atoms with Gasteiger partial charge in [0, 0.05) is 0 Å². The highest BCUT2D eigenvalue weighted by atomic mass is 19.4. The Balaban J connectivity index is 3.25. The lowest BCUT2D eigenvalue weighted by Gasteiger charge is -2.29. The molecular weight excluding hydrogens is 237 g/mol. The Morgan fingerprint density at radius 1 is 1.13 bits per heavy atom. The third-order valence-electron chi connectivity index (χ3n) is 2.17. The molecule has 1 heterocycles. The van der Waals surface area contributed by atoms with Crippen molar-refractivity contribution in [2.45, 2.75) is 30.9 Å². The summed E-state index contributed by atoms with van der Waals surface area (Å²) in [6.07, 6.45) is -10.8. The lowest BCUT2D eigenvalue weighted by molar-refractivity contribution is -0.433. The van der Waals surface area contributed by atoms with Crippen LogP contribution in [0, 0.1) is 5.92 Å². The van der Waals surface area contributed by atoms with Crippen molar-refractivity contribution in [2.24, 2.45) is 5.92 Å². The maximum Gasteiger partial charge on any atom is 0.449 e. The smallest absolute Gasteiger partial charge is 0.354 e. The number of hydrogen-bond donors (Lipinski definition) is 1. The molecule has 9 heteroatoms. The Morgan fingerprint density at radius 2 is 1.53 bits per heavy atom. The van der Waals surface area contributed by atoms with E-state index in [1.807, 2.05) is 0 Å². The fourth-order valence-corrected chi connectivity index (χ4v) is 1.10. The van der Waals surface area contributed by atoms with Crippen LogP contribution in [0.2, 0.25) is 0 Å². The van der Waals surface area contributed by atoms with Crippen molar-refractivity contribution < 1.29 is 40.6 Å². The molecule has 1 unspecified atom stereocenters. The number of alkyl halides is 7. The van der Waals surface area contributed by atoms with Gasteiger partial charge in [0.15, 0.2) is 0 Å². The summed E-state index contributed by atoms with van der Waals surface area (Å²) in [5, 5.41) is 8.48. The molecule has 0 radical (unpaired) electrons. The standard InChI is InChI=1S/C6H5F7O2/c1-2-3(7,8)5(14,6(11,12)13)15-4(2,9)10/h2,14H,1H3/t2-,5?/m1/s1. The fraction of sp³-hybridized carbons (Fsp3) is 1.00. The Kier molecular flexibility index (Phi) is 2.30. The normalized spacial score (nSPS) is 39.4. The van der Waals surface area contributed by atoms with Crippen LogP contribution >= 0.6 is 0 Å². The summed E-state index contributed by atoms with van der Waals surface area (Å²) in [6, 6.07) is 0. The first-order chi connectivity index (χ1) is 6.36. The van der Waals surface area contributed by atoms with Gasteiger partial charge in [0.2, 0.25) is 0 Å². The monoisotopic (exact) mass is 242 g/mol. The van der Waals surface area contributed by atoms with E-state index in [1.165, 1.54) is 0 Å². The molecule has 0 aromatic heterocycles. The summed E-state index contributed by atoms with van der Waals surface area (Å²) >= 11 is 0. The van der Waals surface area contributed by atoms with Crippen molar-refractivity contribution in [3.8, 4) is 0 Å². The summed E-state index contributed by atoms with van der Waals surface area (Å²) in [5.74, 6) is -13.3. The van der Waals surface area contributed by atoms with Gasteiger partial charge in [0.25, 0.3) is 0 Å². The van der Waals surface area contributed by atoms with Crippen LogP contribution in [-0.2, 0) is 4.74 Å². The van der Waals surface area contributed by atoms with Gasteiger partial charge in [-0.1, -0.05) is 0 Å². The maximum absolute atomic E-state index is 12.8. The summed E-state index contributed by atoms with van der Waals surface area (Å²) < 4.78 is 89.3. The molecule has 0 bridgehead atoms. The lowest BCUT2D eigenvalue weighted by Crippen LogP contribution is -2.57. The molecule has 0 aromatic rings. The van der Waals surface area contributed by atoms with Gasteiger partial charge in [0.05, 0.1) is 0 Å². The SMILES string of the molecule is C[C@H]1C(F)(F)OC(O)(C(F)(F)F)C1(F)F. The molecule has 1 aliphatic heterocycles. The van der Waals surface area contributed by atoms with E-state index in [1.54, 1.807) is 0 Å². The minimum atomic E-state index is -6.01. The predicted molar refractivity (Wildman–Crippen MR) is 31.1 cm³/mol. The van der Waals surface area contributed by atoms with E-state index < -0.39 is 29.9 Å². The van der Waals surface area contributed by atoms with Crippen molar-refractivity contribution >= 4 is 0 Å². The molecule has 0 amide bonds. The van der Waals surface area contributed by atoms with Crippen molar-refractivity contribution in [3.63, 3.8) is 0 Å². The molecule has 1 rings (SSSR count). The predicted octanol–water partition coefficient (Wildman–Crippen LogP) is 2.13. The summed E-state index contributed by atoms with van der Waals surface area (Å²) in [7, 11) is 0. The van der Waals surface area contributed by atoms with Crippen LogP contribution < -0.4 is 0 Å².